The Labute approximate surface area is 62.6 Å². The minimum Gasteiger partial charge on any atom is -0.392 e. The predicted molar refractivity (Wildman–Crippen MR) is 42.8 cm³/mol. The summed E-state index contributed by atoms with van der Waals surface area (Å²) in [5.41, 5.74) is 5.28. The highest BCUT2D eigenvalue weighted by Crippen LogP contribution is 1.85. The molecule has 0 saturated heterocycles. The summed E-state index contributed by atoms with van der Waals surface area (Å²) >= 11 is 0. The molecule has 0 aliphatic heterocycles. The van der Waals surface area contributed by atoms with E-state index in [1.54, 1.807) is 0 Å². The summed E-state index contributed by atoms with van der Waals surface area (Å²) in [4.78, 5) is 0. The second-order valence-corrected chi connectivity index (χ2v) is 2.41. The number of hydrogen-bond acceptors (Lipinski definition) is 3. The van der Waals surface area contributed by atoms with E-state index in [1.165, 1.54) is 0 Å². The van der Waals surface area contributed by atoms with E-state index in [9.17, 15) is 0 Å². The highest BCUT2D eigenvalue weighted by atomic mass is 16.3. The van der Waals surface area contributed by atoms with Gasteiger partial charge in [-0.15, -0.1) is 0 Å². The van der Waals surface area contributed by atoms with Gasteiger partial charge in [0, 0.05) is 6.54 Å². The molecule has 1 unspecified atom stereocenters. The first kappa shape index (κ1) is 9.88. The fourth-order valence-corrected chi connectivity index (χ4v) is 0.640. The van der Waals surface area contributed by atoms with Crippen LogP contribution in [0.25, 0.3) is 0 Å². The van der Waals surface area contributed by atoms with E-state index in [2.05, 4.69) is 5.32 Å². The lowest BCUT2D eigenvalue weighted by molar-refractivity contribution is 0.167. The molecule has 3 heteroatoms. The molecule has 0 spiro atoms. The molecule has 0 heterocycles. The maximum atomic E-state index is 9.06. The van der Waals surface area contributed by atoms with Crippen molar-refractivity contribution in [3.05, 3.63) is 0 Å². The van der Waals surface area contributed by atoms with Gasteiger partial charge in [0.1, 0.15) is 0 Å². The van der Waals surface area contributed by atoms with Crippen LogP contribution in [0.4, 0.5) is 0 Å². The predicted octanol–water partition coefficient (Wildman–Crippen LogP) is -0.304. The van der Waals surface area contributed by atoms with Gasteiger partial charge in [0.25, 0.3) is 0 Å². The topological polar surface area (TPSA) is 58.3 Å². The van der Waals surface area contributed by atoms with Gasteiger partial charge >= 0.3 is 0 Å². The number of hydrogen-bond donors (Lipinski definition) is 3. The Hall–Kier alpha value is -0.120. The van der Waals surface area contributed by atoms with Crippen LogP contribution in [0.2, 0.25) is 0 Å². The van der Waals surface area contributed by atoms with E-state index in [4.69, 9.17) is 10.8 Å². The Morgan fingerprint density at radius 1 is 1.60 bits per heavy atom. The van der Waals surface area contributed by atoms with Crippen molar-refractivity contribution in [3.8, 4) is 0 Å². The summed E-state index contributed by atoms with van der Waals surface area (Å²) in [6.45, 7) is 4.29. The van der Waals surface area contributed by atoms with Crippen molar-refractivity contribution < 1.29 is 5.11 Å². The molecule has 0 saturated carbocycles. The smallest absolute Gasteiger partial charge is 0.0662 e. The lowest BCUT2D eigenvalue weighted by Gasteiger charge is -2.07. The third kappa shape index (κ3) is 6.01. The van der Waals surface area contributed by atoms with Crippen LogP contribution < -0.4 is 11.1 Å². The van der Waals surface area contributed by atoms with E-state index in [0.717, 1.165) is 25.9 Å². The molecule has 0 rings (SSSR count). The van der Waals surface area contributed by atoms with Crippen LogP contribution in [0.3, 0.4) is 0 Å². The van der Waals surface area contributed by atoms with Crippen LogP contribution in [0.15, 0.2) is 0 Å². The molecule has 1 atom stereocenters. The molecule has 0 aliphatic rings. The van der Waals surface area contributed by atoms with E-state index >= 15 is 0 Å². The zero-order valence-corrected chi connectivity index (χ0v) is 6.64. The summed E-state index contributed by atoms with van der Waals surface area (Å²) in [7, 11) is 0. The van der Waals surface area contributed by atoms with Gasteiger partial charge in [0.05, 0.1) is 6.10 Å². The number of nitrogens with two attached hydrogens (primary N) is 1. The highest BCUT2D eigenvalue weighted by Gasteiger charge is 1.97. The van der Waals surface area contributed by atoms with E-state index in [1.807, 2.05) is 6.92 Å². The summed E-state index contributed by atoms with van der Waals surface area (Å²) in [5.74, 6) is 0. The zero-order valence-electron chi connectivity index (χ0n) is 6.64. The second-order valence-electron chi connectivity index (χ2n) is 2.41. The van der Waals surface area contributed by atoms with E-state index in [-0.39, 0.29) is 6.10 Å². The third-order valence-electron chi connectivity index (χ3n) is 1.41. The van der Waals surface area contributed by atoms with Crippen molar-refractivity contribution in [1.82, 2.24) is 5.32 Å². The van der Waals surface area contributed by atoms with Crippen LogP contribution in [0.1, 0.15) is 19.8 Å². The molecule has 4 N–H and O–H groups in total. The second kappa shape index (κ2) is 6.99. The minimum absolute atomic E-state index is 0.197. The van der Waals surface area contributed by atoms with Crippen LogP contribution >= 0.6 is 0 Å². The number of aliphatic hydroxyl groups excluding tert-OH is 1. The Kier molecular flexibility index (Phi) is 6.91. The van der Waals surface area contributed by atoms with Gasteiger partial charge in [-0.05, 0) is 25.9 Å². The minimum atomic E-state index is -0.197. The quantitative estimate of drug-likeness (QED) is 0.451. The molecule has 0 radical (unpaired) electrons. The summed E-state index contributed by atoms with van der Waals surface area (Å²) in [6, 6.07) is 0. The van der Waals surface area contributed by atoms with Gasteiger partial charge < -0.3 is 16.2 Å². The summed E-state index contributed by atoms with van der Waals surface area (Å²) in [6.07, 6.45) is 1.60. The Morgan fingerprint density at radius 3 is 2.80 bits per heavy atom. The van der Waals surface area contributed by atoms with Gasteiger partial charge in [0.15, 0.2) is 0 Å². The number of rotatable bonds is 6. The lowest BCUT2D eigenvalue weighted by Crippen LogP contribution is -2.27. The van der Waals surface area contributed by atoms with Gasteiger partial charge in [-0.1, -0.05) is 6.92 Å². The third-order valence-corrected chi connectivity index (χ3v) is 1.41. The molecule has 0 fully saturated rings. The molecule has 0 aliphatic carbocycles. The molecular weight excluding hydrogens is 128 g/mol. The molecule has 0 aromatic heterocycles. The first-order chi connectivity index (χ1) is 4.81. The summed E-state index contributed by atoms with van der Waals surface area (Å²) in [5, 5.41) is 12.2. The molecule has 10 heavy (non-hydrogen) atoms. The van der Waals surface area contributed by atoms with Crippen molar-refractivity contribution in [2.24, 2.45) is 5.73 Å². The van der Waals surface area contributed by atoms with Crippen molar-refractivity contribution in [2.75, 3.05) is 19.6 Å². The van der Waals surface area contributed by atoms with Crippen LogP contribution in [-0.4, -0.2) is 30.8 Å². The standard InChI is InChI=1S/C7H18N2O/c1-2-7(10)6-9-5-3-4-8/h7,9-10H,2-6,8H2,1H3. The summed E-state index contributed by atoms with van der Waals surface area (Å²) < 4.78 is 0. The van der Waals surface area contributed by atoms with Gasteiger partial charge in [-0.25, -0.2) is 0 Å². The molecule has 0 aromatic carbocycles. The monoisotopic (exact) mass is 146 g/mol. The van der Waals surface area contributed by atoms with Crippen LogP contribution in [0.5, 0.6) is 0 Å². The Morgan fingerprint density at radius 2 is 2.30 bits per heavy atom. The van der Waals surface area contributed by atoms with Crippen molar-refractivity contribution in [1.29, 1.82) is 0 Å². The first-order valence-corrected chi connectivity index (χ1v) is 3.90. The fourth-order valence-electron chi connectivity index (χ4n) is 0.640. The van der Waals surface area contributed by atoms with Gasteiger partial charge in [-0.2, -0.15) is 0 Å². The average molecular weight is 146 g/mol. The zero-order chi connectivity index (χ0) is 7.82. The molecule has 62 valence electrons. The largest absolute Gasteiger partial charge is 0.392 e. The lowest BCUT2D eigenvalue weighted by atomic mass is 10.3. The van der Waals surface area contributed by atoms with Crippen molar-refractivity contribution in [2.45, 2.75) is 25.9 Å². The Bertz CT molecular complexity index is 68.6. The normalized spacial score (nSPS) is 13.5. The molecular formula is C7H18N2O. The van der Waals surface area contributed by atoms with E-state index in [0.29, 0.717) is 6.54 Å². The molecule has 0 bridgehead atoms. The maximum Gasteiger partial charge on any atom is 0.0662 e. The average Bonchev–Trinajstić information content (AvgIpc) is 1.98. The fraction of sp³-hybridized carbons (Fsp3) is 1.00. The molecule has 0 amide bonds. The van der Waals surface area contributed by atoms with Gasteiger partial charge in [0.2, 0.25) is 0 Å². The van der Waals surface area contributed by atoms with Crippen molar-refractivity contribution in [3.63, 3.8) is 0 Å². The number of nitrogens with one attached hydrogen (secondary N) is 1. The SMILES string of the molecule is CCC(O)CNCCCN. The number of aliphatic hydroxyl groups is 1. The van der Waals surface area contributed by atoms with E-state index < -0.39 is 0 Å². The van der Waals surface area contributed by atoms with Crippen LogP contribution in [-0.2, 0) is 0 Å². The van der Waals surface area contributed by atoms with Crippen LogP contribution in [0, 0.1) is 0 Å². The van der Waals surface area contributed by atoms with Gasteiger partial charge in [-0.3, -0.25) is 0 Å². The van der Waals surface area contributed by atoms with Crippen molar-refractivity contribution >= 4 is 0 Å². The highest BCUT2D eigenvalue weighted by molar-refractivity contribution is 4.56. The molecule has 0 aromatic rings. The maximum absolute atomic E-state index is 9.06. The first-order valence-electron chi connectivity index (χ1n) is 3.90. The Balaban J connectivity index is 2.89. The molecule has 3 nitrogen and oxygen atoms in total.